The Morgan fingerprint density at radius 3 is 3.04 bits per heavy atom. The zero-order valence-corrected chi connectivity index (χ0v) is 13.9. The highest BCUT2D eigenvalue weighted by atomic mass is 16.5. The molecule has 2 atom stereocenters. The van der Waals surface area contributed by atoms with Gasteiger partial charge in [0.1, 0.15) is 5.82 Å². The number of aromatic nitrogens is 4. The number of likely N-dealkylation sites (N-methyl/N-ethyl adjacent to an activating group) is 1. The molecule has 0 radical (unpaired) electrons. The van der Waals surface area contributed by atoms with E-state index < -0.39 is 0 Å². The van der Waals surface area contributed by atoms with Crippen LogP contribution in [0.2, 0.25) is 0 Å². The lowest BCUT2D eigenvalue weighted by atomic mass is 10.1. The monoisotopic (exact) mass is 331 g/mol. The average Bonchev–Trinajstić information content (AvgIpc) is 3.19. The summed E-state index contributed by atoms with van der Waals surface area (Å²) in [6.45, 7) is 2.85. The Bertz CT molecular complexity index is 840. The van der Waals surface area contributed by atoms with Gasteiger partial charge in [-0.3, -0.25) is 4.79 Å². The Hall–Kier alpha value is -2.03. The van der Waals surface area contributed by atoms with Gasteiger partial charge in [0.25, 0.3) is 5.56 Å². The number of H-pyrrole nitrogens is 1. The molecule has 0 bridgehead atoms. The van der Waals surface area contributed by atoms with Crippen molar-refractivity contribution in [3.05, 3.63) is 34.3 Å². The Morgan fingerprint density at radius 2 is 2.29 bits per heavy atom. The number of imidazole rings is 1. The molecule has 1 fully saturated rings. The molecule has 128 valence electrons. The minimum Gasteiger partial charge on any atom is -0.379 e. The molecule has 4 heterocycles. The molecule has 1 saturated heterocycles. The Labute approximate surface area is 139 Å². The molecule has 2 unspecified atom stereocenters. The van der Waals surface area contributed by atoms with Crippen LogP contribution in [0.5, 0.6) is 0 Å². The molecule has 0 aliphatic carbocycles. The molecule has 8 heteroatoms. The normalized spacial score (nSPS) is 25.3. The first-order chi connectivity index (χ1) is 11.7. The van der Waals surface area contributed by atoms with Crippen molar-refractivity contribution >= 4 is 11.1 Å². The molecule has 1 N–H and O–H groups in total. The van der Waals surface area contributed by atoms with E-state index in [1.165, 1.54) is 0 Å². The smallest absolute Gasteiger partial charge is 0.276 e. The molecule has 0 amide bonds. The summed E-state index contributed by atoms with van der Waals surface area (Å²) < 4.78 is 12.6. The van der Waals surface area contributed by atoms with Crippen LogP contribution >= 0.6 is 0 Å². The van der Waals surface area contributed by atoms with E-state index in [1.807, 2.05) is 13.1 Å². The predicted octanol–water partition coefficient (Wildman–Crippen LogP) is 0.265. The maximum Gasteiger partial charge on any atom is 0.276 e. The minimum absolute atomic E-state index is 0.0184. The fraction of sp³-hybridized carbons (Fsp3) is 0.562. The van der Waals surface area contributed by atoms with Crippen molar-refractivity contribution in [2.75, 3.05) is 40.5 Å². The molecule has 2 aliphatic rings. The molecular weight excluding hydrogens is 310 g/mol. The third-order valence-corrected chi connectivity index (χ3v) is 4.77. The first kappa shape index (κ1) is 15.5. The van der Waals surface area contributed by atoms with E-state index in [1.54, 1.807) is 17.8 Å². The zero-order valence-electron chi connectivity index (χ0n) is 13.9. The number of likely N-dealkylation sites (tertiary alicyclic amines) is 1. The van der Waals surface area contributed by atoms with E-state index in [2.05, 4.69) is 14.9 Å². The van der Waals surface area contributed by atoms with Crippen LogP contribution in [-0.4, -0.2) is 71.0 Å². The van der Waals surface area contributed by atoms with Crippen molar-refractivity contribution in [3.63, 3.8) is 0 Å². The summed E-state index contributed by atoms with van der Waals surface area (Å²) in [5.74, 6) is 1.41. The molecule has 0 spiro atoms. The molecule has 2 aliphatic heterocycles. The molecule has 2 aromatic heterocycles. The summed E-state index contributed by atoms with van der Waals surface area (Å²) in [5, 5.41) is 4.70. The molecule has 2 aromatic rings. The summed E-state index contributed by atoms with van der Waals surface area (Å²) >= 11 is 0. The van der Waals surface area contributed by atoms with Crippen LogP contribution in [0.25, 0.3) is 11.1 Å². The second-order valence-corrected chi connectivity index (χ2v) is 6.37. The van der Waals surface area contributed by atoms with Crippen molar-refractivity contribution in [1.29, 1.82) is 0 Å². The molecular formula is C16H21N5O3. The van der Waals surface area contributed by atoms with Gasteiger partial charge in [0.2, 0.25) is 0 Å². The molecule has 0 aromatic carbocycles. The van der Waals surface area contributed by atoms with Crippen molar-refractivity contribution in [3.8, 4) is 0 Å². The fourth-order valence-electron chi connectivity index (χ4n) is 3.49. The molecule has 24 heavy (non-hydrogen) atoms. The van der Waals surface area contributed by atoms with Gasteiger partial charge in [0, 0.05) is 20.2 Å². The summed E-state index contributed by atoms with van der Waals surface area (Å²) in [4.78, 5) is 22.0. The first-order valence-corrected chi connectivity index (χ1v) is 8.14. The molecule has 8 nitrogen and oxygen atoms in total. The van der Waals surface area contributed by atoms with Crippen molar-refractivity contribution in [2.45, 2.75) is 18.4 Å². The van der Waals surface area contributed by atoms with E-state index in [0.29, 0.717) is 24.6 Å². The van der Waals surface area contributed by atoms with Crippen LogP contribution < -0.4 is 5.56 Å². The van der Waals surface area contributed by atoms with Crippen LogP contribution in [0.15, 0.2) is 17.1 Å². The van der Waals surface area contributed by atoms with Crippen molar-refractivity contribution in [2.24, 2.45) is 0 Å². The number of hydrogen-bond acceptors (Lipinski definition) is 6. The number of nitrogens with one attached hydrogen (secondary N) is 1. The van der Waals surface area contributed by atoms with Gasteiger partial charge in [-0.1, -0.05) is 6.08 Å². The van der Waals surface area contributed by atoms with Crippen LogP contribution in [0.4, 0.5) is 0 Å². The number of ether oxygens (including phenoxy) is 2. The van der Waals surface area contributed by atoms with Crippen LogP contribution in [0.3, 0.4) is 0 Å². The van der Waals surface area contributed by atoms with Crippen LogP contribution in [-0.2, 0) is 9.47 Å². The lowest BCUT2D eigenvalue weighted by molar-refractivity contribution is 0.0971. The summed E-state index contributed by atoms with van der Waals surface area (Å²) in [7, 11) is 3.74. The molecule has 4 rings (SSSR count). The van der Waals surface area contributed by atoms with Gasteiger partial charge in [-0.25, -0.2) is 9.50 Å². The highest BCUT2D eigenvalue weighted by molar-refractivity contribution is 5.64. The highest BCUT2D eigenvalue weighted by Crippen LogP contribution is 2.26. The number of hydrogen-bond donors (Lipinski definition) is 1. The minimum atomic E-state index is -0.171. The lowest BCUT2D eigenvalue weighted by Gasteiger charge is -2.16. The maximum atomic E-state index is 12.5. The number of rotatable bonds is 3. The predicted molar refractivity (Wildman–Crippen MR) is 88.1 cm³/mol. The number of nitrogens with zero attached hydrogens (tertiary/aromatic N) is 4. The summed E-state index contributed by atoms with van der Waals surface area (Å²) in [6.07, 6.45) is 4.37. The number of fused-ring (bicyclic) bond motifs is 1. The van der Waals surface area contributed by atoms with Crippen molar-refractivity contribution < 1.29 is 9.47 Å². The Morgan fingerprint density at radius 1 is 1.42 bits per heavy atom. The Balaban J connectivity index is 1.81. The van der Waals surface area contributed by atoms with E-state index in [0.717, 1.165) is 30.9 Å². The third-order valence-electron chi connectivity index (χ3n) is 4.77. The largest absolute Gasteiger partial charge is 0.379 e. The van der Waals surface area contributed by atoms with E-state index in [-0.39, 0.29) is 17.6 Å². The number of aromatic amines is 1. The summed E-state index contributed by atoms with van der Waals surface area (Å²) in [5.41, 5.74) is 1.36. The van der Waals surface area contributed by atoms with Gasteiger partial charge in [0.05, 0.1) is 31.4 Å². The standard InChI is InChI=1S/C16H21N5O3/c1-20-8-11(13(9-20)23-2)14-18-16(22)12-7-17-15(21(12)19-14)10-3-5-24-6-4-10/h3,7,11,13H,4-6,8-9H2,1-2H3,(H,18,19,22). The average molecular weight is 331 g/mol. The molecule has 0 saturated carbocycles. The van der Waals surface area contributed by atoms with Gasteiger partial charge < -0.3 is 19.4 Å². The van der Waals surface area contributed by atoms with Crippen LogP contribution in [0.1, 0.15) is 24.0 Å². The maximum absolute atomic E-state index is 12.5. The summed E-state index contributed by atoms with van der Waals surface area (Å²) in [6, 6.07) is 0. The van der Waals surface area contributed by atoms with Gasteiger partial charge >= 0.3 is 0 Å². The quantitative estimate of drug-likeness (QED) is 0.869. The second-order valence-electron chi connectivity index (χ2n) is 6.37. The van der Waals surface area contributed by atoms with Gasteiger partial charge in [-0.15, -0.1) is 0 Å². The van der Waals surface area contributed by atoms with Gasteiger partial charge in [-0.05, 0) is 19.0 Å². The highest BCUT2D eigenvalue weighted by Gasteiger charge is 2.34. The van der Waals surface area contributed by atoms with Gasteiger partial charge in [-0.2, -0.15) is 5.10 Å². The number of methoxy groups -OCH3 is 1. The third kappa shape index (κ3) is 2.56. The van der Waals surface area contributed by atoms with E-state index >= 15 is 0 Å². The van der Waals surface area contributed by atoms with E-state index in [9.17, 15) is 4.79 Å². The van der Waals surface area contributed by atoms with Gasteiger partial charge in [0.15, 0.2) is 11.3 Å². The topological polar surface area (TPSA) is 84.8 Å². The van der Waals surface area contributed by atoms with Crippen LogP contribution in [0, 0.1) is 0 Å². The lowest BCUT2D eigenvalue weighted by Crippen LogP contribution is -2.26. The van der Waals surface area contributed by atoms with E-state index in [4.69, 9.17) is 14.6 Å². The first-order valence-electron chi connectivity index (χ1n) is 8.14. The zero-order chi connectivity index (χ0) is 16.7. The SMILES string of the molecule is COC1CN(C)CC1c1nn2c(C3=CCOCC3)ncc2c(=O)[nH]1. The Kier molecular flexibility index (Phi) is 3.95. The van der Waals surface area contributed by atoms with Crippen molar-refractivity contribution in [1.82, 2.24) is 24.5 Å². The second kappa shape index (κ2) is 6.12. The fourth-order valence-corrected chi connectivity index (χ4v) is 3.49.